The number of ether oxygens (including phenoxy) is 1. The number of benzene rings is 1. The fourth-order valence-corrected chi connectivity index (χ4v) is 4.28. The van der Waals surface area contributed by atoms with Gasteiger partial charge in [0.15, 0.2) is 6.10 Å². The predicted molar refractivity (Wildman–Crippen MR) is 117 cm³/mol. The van der Waals surface area contributed by atoms with Gasteiger partial charge in [-0.1, -0.05) is 23.4 Å². The summed E-state index contributed by atoms with van der Waals surface area (Å²) in [6.07, 6.45) is 2.72. The third kappa shape index (κ3) is 6.03. The smallest absolute Gasteiger partial charge is 0.293 e. The second-order valence-corrected chi connectivity index (χ2v) is 9.21. The lowest BCUT2D eigenvalue weighted by Crippen LogP contribution is -2.26. The highest BCUT2D eigenvalue weighted by atomic mass is 32.1. The number of phenols is 1. The van der Waals surface area contributed by atoms with Gasteiger partial charge in [0, 0.05) is 23.3 Å². The summed E-state index contributed by atoms with van der Waals surface area (Å²) < 4.78 is 4.55. The third-order valence-electron chi connectivity index (χ3n) is 4.86. The summed E-state index contributed by atoms with van der Waals surface area (Å²) in [5.41, 5.74) is 2.25. The molecule has 1 atom stereocenters. The molecule has 0 radical (unpaired) electrons. The average Bonchev–Trinajstić information content (AvgIpc) is 3.38. The minimum absolute atomic E-state index is 0.227. The molecule has 0 saturated carbocycles. The monoisotopic (exact) mass is 431 g/mol. The average molecular weight is 432 g/mol. The molecular weight excluding hydrogens is 402 g/mol. The zero-order chi connectivity index (χ0) is 21.6. The molecule has 3 heterocycles. The first-order chi connectivity index (χ1) is 14.4. The molecule has 0 spiro atoms. The molecule has 1 fully saturated rings. The standard InChI is InChI=1S/C17H19N3O2S.C5H10O2/c21-15-4-2-1-3-12(15)16-9-13(20-22-16)14-10-23-17(19-14)11-5-7-18-8-6-11;1-5(2,3)7-4-6/h1-4,10-11,16,18,21H,5-9H2;4H,1-3H3. The Morgan fingerprint density at radius 2 is 2.00 bits per heavy atom. The number of oxime groups is 1. The van der Waals surface area contributed by atoms with Crippen molar-refractivity contribution in [1.82, 2.24) is 10.3 Å². The Morgan fingerprint density at radius 3 is 2.63 bits per heavy atom. The number of thiazole rings is 1. The minimum atomic E-state index is -0.318. The third-order valence-corrected chi connectivity index (χ3v) is 5.87. The van der Waals surface area contributed by atoms with Crippen LogP contribution in [0.15, 0.2) is 34.8 Å². The first-order valence-electron chi connectivity index (χ1n) is 10.2. The number of phenolic OH excluding ortho intramolecular Hbond substituents is 1. The highest BCUT2D eigenvalue weighted by Crippen LogP contribution is 2.35. The molecule has 1 aromatic carbocycles. The van der Waals surface area contributed by atoms with E-state index in [0.29, 0.717) is 18.8 Å². The van der Waals surface area contributed by atoms with Crippen molar-refractivity contribution < 1.29 is 19.5 Å². The van der Waals surface area contributed by atoms with Gasteiger partial charge >= 0.3 is 0 Å². The van der Waals surface area contributed by atoms with Crippen LogP contribution >= 0.6 is 11.3 Å². The summed E-state index contributed by atoms with van der Waals surface area (Å²) in [5, 5.41) is 20.8. The van der Waals surface area contributed by atoms with E-state index < -0.39 is 0 Å². The number of hydrogen-bond acceptors (Lipinski definition) is 8. The number of rotatable bonds is 4. The van der Waals surface area contributed by atoms with Crippen LogP contribution in [0.2, 0.25) is 0 Å². The van der Waals surface area contributed by atoms with Crippen molar-refractivity contribution in [3.05, 3.63) is 45.9 Å². The van der Waals surface area contributed by atoms with Crippen LogP contribution in [-0.4, -0.2) is 41.0 Å². The Morgan fingerprint density at radius 1 is 1.27 bits per heavy atom. The Hall–Kier alpha value is -2.45. The van der Waals surface area contributed by atoms with Crippen LogP contribution in [0.25, 0.3) is 0 Å². The molecule has 30 heavy (non-hydrogen) atoms. The van der Waals surface area contributed by atoms with Crippen LogP contribution in [-0.2, 0) is 14.4 Å². The molecule has 8 heteroatoms. The molecule has 2 aromatic rings. The van der Waals surface area contributed by atoms with E-state index in [0.717, 1.165) is 42.9 Å². The second-order valence-electron chi connectivity index (χ2n) is 8.32. The summed E-state index contributed by atoms with van der Waals surface area (Å²) in [6, 6.07) is 7.25. The molecule has 0 aliphatic carbocycles. The molecule has 0 amide bonds. The van der Waals surface area contributed by atoms with Gasteiger partial charge in [0.2, 0.25) is 0 Å². The van der Waals surface area contributed by atoms with Crippen LogP contribution in [0.5, 0.6) is 5.75 Å². The number of aromatic nitrogens is 1. The van der Waals surface area contributed by atoms with Crippen molar-refractivity contribution in [2.24, 2.45) is 5.16 Å². The minimum Gasteiger partial charge on any atom is -0.508 e. The van der Waals surface area contributed by atoms with E-state index in [1.54, 1.807) is 23.5 Å². The number of nitrogens with one attached hydrogen (secondary N) is 1. The Labute approximate surface area is 181 Å². The fourth-order valence-electron chi connectivity index (χ4n) is 3.28. The number of carbonyl (C=O) groups excluding carboxylic acids is 1. The van der Waals surface area contributed by atoms with E-state index in [9.17, 15) is 9.90 Å². The van der Waals surface area contributed by atoms with E-state index in [4.69, 9.17) is 9.82 Å². The molecular formula is C22H29N3O4S. The van der Waals surface area contributed by atoms with Crippen LogP contribution in [0.3, 0.4) is 0 Å². The van der Waals surface area contributed by atoms with Gasteiger partial charge in [0.05, 0.1) is 10.7 Å². The lowest BCUT2D eigenvalue weighted by Gasteiger charge is -2.20. The molecule has 2 aliphatic heterocycles. The lowest BCUT2D eigenvalue weighted by molar-refractivity contribution is -0.138. The van der Waals surface area contributed by atoms with Crippen molar-refractivity contribution in [2.75, 3.05) is 13.1 Å². The molecule has 4 rings (SSSR count). The Bertz CT molecular complexity index is 869. The fraction of sp³-hybridized carbons (Fsp3) is 0.500. The highest BCUT2D eigenvalue weighted by molar-refractivity contribution is 7.10. The van der Waals surface area contributed by atoms with Crippen LogP contribution < -0.4 is 5.32 Å². The maximum Gasteiger partial charge on any atom is 0.293 e. The van der Waals surface area contributed by atoms with E-state index >= 15 is 0 Å². The number of piperidine rings is 1. The first kappa shape index (κ1) is 22.2. The van der Waals surface area contributed by atoms with Crippen molar-refractivity contribution in [3.8, 4) is 5.75 Å². The van der Waals surface area contributed by atoms with Gasteiger partial charge in [0.25, 0.3) is 6.47 Å². The topological polar surface area (TPSA) is 93.0 Å². The van der Waals surface area contributed by atoms with E-state index in [1.807, 2.05) is 32.9 Å². The van der Waals surface area contributed by atoms with Gasteiger partial charge in [-0.3, -0.25) is 4.79 Å². The summed E-state index contributed by atoms with van der Waals surface area (Å²) in [7, 11) is 0. The molecule has 0 bridgehead atoms. The molecule has 2 aliphatic rings. The molecule has 7 nitrogen and oxygen atoms in total. The number of para-hydroxylation sites is 1. The Kier molecular flexibility index (Phi) is 7.44. The first-order valence-corrected chi connectivity index (χ1v) is 11.0. The largest absolute Gasteiger partial charge is 0.508 e. The van der Waals surface area contributed by atoms with Gasteiger partial charge < -0.3 is 20.0 Å². The van der Waals surface area contributed by atoms with Gasteiger partial charge in [-0.15, -0.1) is 11.3 Å². The molecule has 1 unspecified atom stereocenters. The van der Waals surface area contributed by atoms with Crippen LogP contribution in [0, 0.1) is 0 Å². The van der Waals surface area contributed by atoms with Gasteiger partial charge in [0.1, 0.15) is 17.1 Å². The maximum atomic E-state index is 9.95. The van der Waals surface area contributed by atoms with Crippen molar-refractivity contribution in [2.45, 2.75) is 57.7 Å². The Balaban J connectivity index is 0.000000318. The van der Waals surface area contributed by atoms with Crippen molar-refractivity contribution in [3.63, 3.8) is 0 Å². The summed E-state index contributed by atoms with van der Waals surface area (Å²) >= 11 is 1.72. The SMILES string of the molecule is CC(C)(C)OC=O.Oc1ccccc1C1CC(c2csc(C3CCNCC3)n2)=NO1. The predicted octanol–water partition coefficient (Wildman–Crippen LogP) is 4.14. The number of nitrogens with zero attached hydrogens (tertiary/aromatic N) is 2. The van der Waals surface area contributed by atoms with Crippen LogP contribution in [0.1, 0.15) is 68.3 Å². The van der Waals surface area contributed by atoms with E-state index in [1.165, 1.54) is 5.01 Å². The quantitative estimate of drug-likeness (QED) is 0.707. The summed E-state index contributed by atoms with van der Waals surface area (Å²) in [5.74, 6) is 0.814. The van der Waals surface area contributed by atoms with Gasteiger partial charge in [-0.05, 0) is 52.8 Å². The molecule has 1 aromatic heterocycles. The summed E-state index contributed by atoms with van der Waals surface area (Å²) in [4.78, 5) is 19.9. The van der Waals surface area contributed by atoms with E-state index in [2.05, 4.69) is 20.6 Å². The van der Waals surface area contributed by atoms with Crippen molar-refractivity contribution in [1.29, 1.82) is 0 Å². The molecule has 2 N–H and O–H groups in total. The number of hydrogen-bond donors (Lipinski definition) is 2. The van der Waals surface area contributed by atoms with E-state index in [-0.39, 0.29) is 17.5 Å². The zero-order valence-corrected chi connectivity index (χ0v) is 18.4. The highest BCUT2D eigenvalue weighted by Gasteiger charge is 2.28. The maximum absolute atomic E-state index is 9.95. The molecule has 1 saturated heterocycles. The normalized spacial score (nSPS) is 19.3. The van der Waals surface area contributed by atoms with Crippen molar-refractivity contribution >= 4 is 23.5 Å². The number of carbonyl (C=O) groups is 1. The zero-order valence-electron chi connectivity index (χ0n) is 17.6. The molecule has 162 valence electrons. The summed E-state index contributed by atoms with van der Waals surface area (Å²) in [6.45, 7) is 8.06. The van der Waals surface area contributed by atoms with Gasteiger partial charge in [-0.25, -0.2) is 4.98 Å². The van der Waals surface area contributed by atoms with Gasteiger partial charge in [-0.2, -0.15) is 0 Å². The number of aromatic hydroxyl groups is 1. The second kappa shape index (κ2) is 10.0. The lowest BCUT2D eigenvalue weighted by atomic mass is 9.99. The van der Waals surface area contributed by atoms with Crippen LogP contribution in [0.4, 0.5) is 0 Å².